The minimum absolute atomic E-state index is 0.127. The van der Waals surface area contributed by atoms with E-state index >= 15 is 0 Å². The van der Waals surface area contributed by atoms with E-state index in [9.17, 15) is 4.79 Å². The van der Waals surface area contributed by atoms with E-state index in [0.717, 1.165) is 19.4 Å². The smallest absolute Gasteiger partial charge is 0.248 e. The Morgan fingerprint density at radius 1 is 1.85 bits per heavy atom. The van der Waals surface area contributed by atoms with Gasteiger partial charge in [-0.25, -0.2) is 0 Å². The van der Waals surface area contributed by atoms with Crippen LogP contribution in [0.2, 0.25) is 0 Å². The van der Waals surface area contributed by atoms with Gasteiger partial charge in [0.2, 0.25) is 5.91 Å². The largest absolute Gasteiger partial charge is 0.376 e. The number of carbonyl (C=O) groups excluding carboxylic acids is 1. The summed E-state index contributed by atoms with van der Waals surface area (Å²) in [6.45, 7) is 1.28. The van der Waals surface area contributed by atoms with E-state index < -0.39 is 4.83 Å². The molecule has 0 aromatic rings. The van der Waals surface area contributed by atoms with E-state index in [1.807, 2.05) is 0 Å². The molecule has 0 spiro atoms. The van der Waals surface area contributed by atoms with Crippen LogP contribution in [0, 0.1) is 11.3 Å². The van der Waals surface area contributed by atoms with Gasteiger partial charge < -0.3 is 10.1 Å². The fourth-order valence-electron chi connectivity index (χ4n) is 1.17. The molecule has 1 amide bonds. The van der Waals surface area contributed by atoms with Gasteiger partial charge in [-0.05, 0) is 12.8 Å². The number of nitrogens with zero attached hydrogens (tertiary/aromatic N) is 1. The topological polar surface area (TPSA) is 62.1 Å². The van der Waals surface area contributed by atoms with Crippen molar-refractivity contribution in [1.29, 1.82) is 5.26 Å². The van der Waals surface area contributed by atoms with Crippen LogP contribution in [0.25, 0.3) is 0 Å². The third-order valence-corrected chi connectivity index (χ3v) is 2.49. The predicted octanol–water partition coefficient (Wildman–Crippen LogP) is 0.569. The molecule has 2 unspecified atom stereocenters. The molecule has 0 bridgehead atoms. The van der Waals surface area contributed by atoms with Crippen molar-refractivity contribution in [1.82, 2.24) is 5.32 Å². The summed E-state index contributed by atoms with van der Waals surface area (Å²) in [5.41, 5.74) is 0. The molecule has 1 N–H and O–H groups in total. The van der Waals surface area contributed by atoms with Gasteiger partial charge in [0.05, 0.1) is 12.2 Å². The minimum atomic E-state index is -0.756. The molecule has 5 heteroatoms. The normalized spacial score (nSPS) is 23.5. The quantitative estimate of drug-likeness (QED) is 0.741. The number of nitriles is 1. The standard InChI is InChI=1S/C8H11BrN2O2/c9-7(4-10)8(12)11-5-6-2-1-3-13-6/h6-7H,1-3,5H2,(H,11,12). The number of hydrogen-bond donors (Lipinski definition) is 1. The fourth-order valence-corrected chi connectivity index (χ4v) is 1.33. The minimum Gasteiger partial charge on any atom is -0.376 e. The zero-order valence-corrected chi connectivity index (χ0v) is 8.71. The van der Waals surface area contributed by atoms with E-state index in [0.29, 0.717) is 6.54 Å². The molecule has 0 radical (unpaired) electrons. The van der Waals surface area contributed by atoms with Crippen LogP contribution < -0.4 is 5.32 Å². The Morgan fingerprint density at radius 2 is 2.62 bits per heavy atom. The summed E-state index contributed by atoms with van der Waals surface area (Å²) in [5, 5.41) is 11.1. The molecular weight excluding hydrogens is 236 g/mol. The summed E-state index contributed by atoms with van der Waals surface area (Å²) in [6.07, 6.45) is 2.17. The van der Waals surface area contributed by atoms with Crippen molar-refractivity contribution in [2.45, 2.75) is 23.8 Å². The first kappa shape index (κ1) is 10.5. The number of hydrogen-bond acceptors (Lipinski definition) is 3. The van der Waals surface area contributed by atoms with Crippen molar-refractivity contribution < 1.29 is 9.53 Å². The van der Waals surface area contributed by atoms with Crippen molar-refractivity contribution in [2.24, 2.45) is 0 Å². The number of ether oxygens (including phenoxy) is 1. The number of amides is 1. The lowest BCUT2D eigenvalue weighted by Gasteiger charge is -2.10. The van der Waals surface area contributed by atoms with Crippen LogP contribution in [0.5, 0.6) is 0 Å². The van der Waals surface area contributed by atoms with Gasteiger partial charge in [-0.1, -0.05) is 15.9 Å². The highest BCUT2D eigenvalue weighted by atomic mass is 79.9. The summed E-state index contributed by atoms with van der Waals surface area (Å²) in [6, 6.07) is 1.80. The molecule has 1 saturated heterocycles. The van der Waals surface area contributed by atoms with Crippen molar-refractivity contribution in [3.8, 4) is 6.07 Å². The third kappa shape index (κ3) is 3.33. The molecule has 0 saturated carbocycles. The second-order valence-electron chi connectivity index (χ2n) is 2.87. The maximum Gasteiger partial charge on any atom is 0.248 e. The van der Waals surface area contributed by atoms with E-state index in [-0.39, 0.29) is 12.0 Å². The van der Waals surface area contributed by atoms with Gasteiger partial charge in [-0.3, -0.25) is 4.79 Å². The first-order valence-corrected chi connectivity index (χ1v) is 5.08. The zero-order chi connectivity index (χ0) is 9.68. The van der Waals surface area contributed by atoms with Crippen molar-refractivity contribution in [3.05, 3.63) is 0 Å². The van der Waals surface area contributed by atoms with Crippen LogP contribution in [-0.2, 0) is 9.53 Å². The Kier molecular flexibility index (Phi) is 4.19. The number of rotatable bonds is 3. The molecule has 1 aliphatic heterocycles. The molecular formula is C8H11BrN2O2. The first-order valence-electron chi connectivity index (χ1n) is 4.17. The molecule has 0 aliphatic carbocycles. The average molecular weight is 247 g/mol. The lowest BCUT2D eigenvalue weighted by Crippen LogP contribution is -2.36. The van der Waals surface area contributed by atoms with Gasteiger partial charge >= 0.3 is 0 Å². The molecule has 72 valence electrons. The van der Waals surface area contributed by atoms with E-state index in [4.69, 9.17) is 10.00 Å². The maximum absolute atomic E-state index is 11.1. The summed E-state index contributed by atoms with van der Waals surface area (Å²) in [7, 11) is 0. The number of nitrogens with one attached hydrogen (secondary N) is 1. The highest BCUT2D eigenvalue weighted by molar-refractivity contribution is 9.10. The molecule has 13 heavy (non-hydrogen) atoms. The Balaban J connectivity index is 2.18. The second-order valence-corrected chi connectivity index (χ2v) is 3.79. The Hall–Kier alpha value is -0.600. The molecule has 2 atom stereocenters. The molecule has 1 heterocycles. The third-order valence-electron chi connectivity index (χ3n) is 1.87. The van der Waals surface area contributed by atoms with Crippen LogP contribution in [0.15, 0.2) is 0 Å². The first-order chi connectivity index (χ1) is 6.24. The van der Waals surface area contributed by atoms with E-state index in [1.54, 1.807) is 6.07 Å². The van der Waals surface area contributed by atoms with Crippen molar-refractivity contribution in [2.75, 3.05) is 13.2 Å². The monoisotopic (exact) mass is 246 g/mol. The van der Waals surface area contributed by atoms with Gasteiger partial charge in [-0.2, -0.15) is 5.26 Å². The highest BCUT2D eigenvalue weighted by Crippen LogP contribution is 2.10. The summed E-state index contributed by atoms with van der Waals surface area (Å²) < 4.78 is 5.30. The number of alkyl halides is 1. The van der Waals surface area contributed by atoms with Crippen LogP contribution >= 0.6 is 15.9 Å². The van der Waals surface area contributed by atoms with Crippen molar-refractivity contribution in [3.63, 3.8) is 0 Å². The predicted molar refractivity (Wildman–Crippen MR) is 50.3 cm³/mol. The average Bonchev–Trinajstić information content (AvgIpc) is 2.65. The Morgan fingerprint density at radius 3 is 3.15 bits per heavy atom. The Labute approximate surface area is 85.4 Å². The van der Waals surface area contributed by atoms with E-state index in [2.05, 4.69) is 21.2 Å². The van der Waals surface area contributed by atoms with Crippen LogP contribution in [0.4, 0.5) is 0 Å². The number of carbonyl (C=O) groups is 1. The van der Waals surface area contributed by atoms with Crippen LogP contribution in [0.3, 0.4) is 0 Å². The van der Waals surface area contributed by atoms with Gasteiger partial charge in [0, 0.05) is 13.2 Å². The van der Waals surface area contributed by atoms with Crippen molar-refractivity contribution >= 4 is 21.8 Å². The molecule has 0 aromatic heterocycles. The second kappa shape index (κ2) is 5.20. The van der Waals surface area contributed by atoms with Gasteiger partial charge in [0.15, 0.2) is 4.83 Å². The van der Waals surface area contributed by atoms with Crippen LogP contribution in [0.1, 0.15) is 12.8 Å². The molecule has 1 rings (SSSR count). The maximum atomic E-state index is 11.1. The van der Waals surface area contributed by atoms with Gasteiger partial charge in [-0.15, -0.1) is 0 Å². The molecule has 4 nitrogen and oxygen atoms in total. The number of halogens is 1. The molecule has 0 aromatic carbocycles. The SMILES string of the molecule is N#CC(Br)C(=O)NCC1CCCO1. The summed E-state index contributed by atoms with van der Waals surface area (Å²) >= 11 is 2.94. The molecule has 1 aliphatic rings. The Bertz CT molecular complexity index is 221. The zero-order valence-electron chi connectivity index (χ0n) is 7.12. The lowest BCUT2D eigenvalue weighted by atomic mass is 10.2. The summed E-state index contributed by atoms with van der Waals surface area (Å²) in [4.78, 5) is 10.3. The summed E-state index contributed by atoms with van der Waals surface area (Å²) in [5.74, 6) is -0.294. The van der Waals surface area contributed by atoms with Crippen LogP contribution in [-0.4, -0.2) is 30.0 Å². The van der Waals surface area contributed by atoms with Gasteiger partial charge in [0.1, 0.15) is 0 Å². The fraction of sp³-hybridized carbons (Fsp3) is 0.750. The molecule has 1 fully saturated rings. The van der Waals surface area contributed by atoms with Gasteiger partial charge in [0.25, 0.3) is 0 Å². The highest BCUT2D eigenvalue weighted by Gasteiger charge is 2.18. The lowest BCUT2D eigenvalue weighted by molar-refractivity contribution is -0.120. The van der Waals surface area contributed by atoms with E-state index in [1.165, 1.54) is 0 Å².